The molecule has 0 saturated heterocycles. The Morgan fingerprint density at radius 2 is 0.656 bits per heavy atom. The van der Waals surface area contributed by atoms with Gasteiger partial charge in [-0.3, -0.25) is 0 Å². The van der Waals surface area contributed by atoms with Gasteiger partial charge >= 0.3 is 0 Å². The SMILES string of the molecule is Cc1cc(C)c(P(/C(=C(/B(c2c(F)c(F)c(F)c(F)c2F)c2c(F)c(F)c(F)c(F)c2F)c2c(F)c(F)c(F)c(F)c2F)c2ccccc2)c2c(C)cc(C)cc2C)c(C)c1. The molecule has 0 N–H and O–H groups in total. The summed E-state index contributed by atoms with van der Waals surface area (Å²) in [7, 11) is -2.81. The molecule has 0 heterocycles. The molecule has 0 spiro atoms. The monoisotopic (exact) mass is 882 g/mol. The van der Waals surface area contributed by atoms with Crippen molar-refractivity contribution in [2.24, 2.45) is 0 Å². The van der Waals surface area contributed by atoms with Gasteiger partial charge in [0.2, 0.25) is 5.82 Å². The van der Waals surface area contributed by atoms with Gasteiger partial charge in [0.1, 0.15) is 0 Å². The van der Waals surface area contributed by atoms with E-state index in [-0.39, 0.29) is 16.2 Å². The fourth-order valence-electron chi connectivity index (χ4n) is 7.81. The fraction of sp³-hybridized carbons (Fsp3) is 0.136. The zero-order chi connectivity index (χ0) is 45.3. The van der Waals surface area contributed by atoms with Crippen LogP contribution in [0, 0.1) is 129 Å². The lowest BCUT2D eigenvalue weighted by molar-refractivity contribution is 0.376. The van der Waals surface area contributed by atoms with Crippen LogP contribution in [0.5, 0.6) is 0 Å². The van der Waals surface area contributed by atoms with Crippen LogP contribution in [0.3, 0.4) is 0 Å². The first-order valence-electron chi connectivity index (χ1n) is 17.8. The van der Waals surface area contributed by atoms with Crippen LogP contribution in [0.15, 0.2) is 54.6 Å². The molecule has 0 aliphatic carbocycles. The van der Waals surface area contributed by atoms with Gasteiger partial charge < -0.3 is 0 Å². The van der Waals surface area contributed by atoms with Gasteiger partial charge in [-0.2, -0.15) is 0 Å². The largest absolute Gasteiger partial charge is 0.259 e. The Kier molecular flexibility index (Phi) is 12.4. The van der Waals surface area contributed by atoms with Crippen LogP contribution in [0.25, 0.3) is 10.8 Å². The van der Waals surface area contributed by atoms with Crippen LogP contribution in [0.2, 0.25) is 0 Å². The molecule has 0 radical (unpaired) electrons. The van der Waals surface area contributed by atoms with Gasteiger partial charge in [-0.05, 0) is 98.7 Å². The number of aryl methyl sites for hydroxylation is 6. The lowest BCUT2D eigenvalue weighted by atomic mass is 9.34. The minimum absolute atomic E-state index is 0.185. The third kappa shape index (κ3) is 7.40. The molecule has 6 aromatic carbocycles. The molecule has 6 aromatic rings. The highest BCUT2D eigenvalue weighted by molar-refractivity contribution is 7.83. The topological polar surface area (TPSA) is 0 Å². The fourth-order valence-corrected chi connectivity index (χ4v) is 11.0. The Morgan fingerprint density at radius 3 is 0.967 bits per heavy atom. The molecule has 0 amide bonds. The van der Waals surface area contributed by atoms with Gasteiger partial charge in [0, 0.05) is 16.5 Å². The molecule has 61 heavy (non-hydrogen) atoms. The van der Waals surface area contributed by atoms with Crippen molar-refractivity contribution in [3.05, 3.63) is 186 Å². The van der Waals surface area contributed by atoms with E-state index in [9.17, 15) is 13.2 Å². The van der Waals surface area contributed by atoms with E-state index in [1.54, 1.807) is 38.1 Å². The summed E-state index contributed by atoms with van der Waals surface area (Å²) in [5.41, 5.74) is -6.71. The Labute approximate surface area is 340 Å². The molecular formula is C44H27BF15P. The summed E-state index contributed by atoms with van der Waals surface area (Å²) >= 11 is 0. The number of halogens is 15. The van der Waals surface area contributed by atoms with Crippen molar-refractivity contribution >= 4 is 47.0 Å². The highest BCUT2D eigenvalue weighted by Crippen LogP contribution is 2.56. The minimum atomic E-state index is -3.78. The maximum atomic E-state index is 16.7. The first-order valence-corrected chi connectivity index (χ1v) is 19.2. The molecule has 0 bridgehead atoms. The van der Waals surface area contributed by atoms with Crippen molar-refractivity contribution in [1.29, 1.82) is 0 Å². The van der Waals surface area contributed by atoms with Crippen molar-refractivity contribution in [3.8, 4) is 0 Å². The van der Waals surface area contributed by atoms with E-state index in [2.05, 4.69) is 0 Å². The highest BCUT2D eigenvalue weighted by Gasteiger charge is 2.47. The highest BCUT2D eigenvalue weighted by atomic mass is 31.1. The third-order valence-corrected chi connectivity index (χ3v) is 13.3. The number of hydrogen-bond donors (Lipinski definition) is 0. The van der Waals surface area contributed by atoms with Crippen LogP contribution in [0.4, 0.5) is 65.9 Å². The summed E-state index contributed by atoms with van der Waals surface area (Å²) in [5.74, 6) is -43.3. The molecule has 0 aliphatic heterocycles. The molecule has 0 atom stereocenters. The van der Waals surface area contributed by atoms with Gasteiger partial charge in [-0.15, -0.1) is 0 Å². The van der Waals surface area contributed by atoms with Crippen molar-refractivity contribution in [3.63, 3.8) is 0 Å². The van der Waals surface area contributed by atoms with Crippen LogP contribution >= 0.6 is 7.92 Å². The zero-order valence-corrected chi connectivity index (χ0v) is 33.3. The first kappa shape index (κ1) is 45.0. The molecule has 0 unspecified atom stereocenters. The molecule has 0 aromatic heterocycles. The summed E-state index contributed by atoms with van der Waals surface area (Å²) in [5, 5.41) is -0.435. The van der Waals surface area contributed by atoms with Gasteiger partial charge in [0.25, 0.3) is 6.71 Å². The zero-order valence-electron chi connectivity index (χ0n) is 32.4. The second-order valence-electron chi connectivity index (χ2n) is 14.3. The maximum absolute atomic E-state index is 16.7. The molecular weight excluding hydrogens is 855 g/mol. The van der Waals surface area contributed by atoms with Crippen LogP contribution in [-0.2, 0) is 0 Å². The van der Waals surface area contributed by atoms with Gasteiger partial charge in [-0.1, -0.05) is 65.7 Å². The van der Waals surface area contributed by atoms with Crippen molar-refractivity contribution < 1.29 is 65.9 Å². The maximum Gasteiger partial charge on any atom is 0.259 e. The summed E-state index contributed by atoms with van der Waals surface area (Å²) in [4.78, 5) is 0. The summed E-state index contributed by atoms with van der Waals surface area (Å²) in [6, 6.07) is 12.5. The smallest absolute Gasteiger partial charge is 0.204 e. The van der Waals surface area contributed by atoms with E-state index in [1.165, 1.54) is 45.9 Å². The van der Waals surface area contributed by atoms with Gasteiger partial charge in [0.05, 0.1) is 0 Å². The molecule has 0 nitrogen and oxygen atoms in total. The van der Waals surface area contributed by atoms with E-state index in [0.717, 1.165) is 12.1 Å². The number of benzene rings is 6. The van der Waals surface area contributed by atoms with Gasteiger partial charge in [0.15, 0.2) is 81.4 Å². The van der Waals surface area contributed by atoms with Crippen molar-refractivity contribution in [2.45, 2.75) is 41.5 Å². The molecule has 0 aliphatic rings. The Morgan fingerprint density at radius 1 is 0.377 bits per heavy atom. The standard InChI is InChI=1S/C44H27BF15P/c1-16-12-18(3)42(19(4)13-16)61(43-20(5)14-17(2)15-21(43)6)44(22-10-8-7-9-11-22)24(23-27(46)33(52)39(58)34(53)28(23)47)45(25-29(48)35(54)40(59)36(55)30(25)49)26-31(50)37(56)41(60)38(57)32(26)51/h7-15H,1-6H3/b44-24+. The van der Waals surface area contributed by atoms with E-state index in [0.29, 0.717) is 33.4 Å². The third-order valence-electron chi connectivity index (χ3n) is 10.1. The normalized spacial score (nSPS) is 12.1. The van der Waals surface area contributed by atoms with Crippen LogP contribution < -0.4 is 21.5 Å². The second-order valence-corrected chi connectivity index (χ2v) is 16.3. The van der Waals surface area contributed by atoms with Crippen LogP contribution in [-0.4, -0.2) is 6.71 Å². The summed E-state index contributed by atoms with van der Waals surface area (Å²) in [6.07, 6.45) is 0. The predicted octanol–water partition coefficient (Wildman–Crippen LogP) is 11.5. The Hall–Kier alpha value is -5.50. The van der Waals surface area contributed by atoms with E-state index >= 15 is 52.7 Å². The quantitative estimate of drug-likeness (QED) is 0.0357. The van der Waals surface area contributed by atoms with Crippen LogP contribution in [0.1, 0.15) is 44.5 Å². The predicted molar refractivity (Wildman–Crippen MR) is 204 cm³/mol. The van der Waals surface area contributed by atoms with Crippen molar-refractivity contribution in [2.75, 3.05) is 0 Å². The van der Waals surface area contributed by atoms with E-state index in [1.807, 2.05) is 0 Å². The lowest BCUT2D eigenvalue weighted by Gasteiger charge is -2.34. The molecule has 0 saturated carbocycles. The van der Waals surface area contributed by atoms with E-state index in [4.69, 9.17) is 0 Å². The van der Waals surface area contributed by atoms with E-state index < -0.39 is 129 Å². The summed E-state index contributed by atoms with van der Waals surface area (Å²) < 4.78 is 236. The Bertz CT molecular complexity index is 2580. The van der Waals surface area contributed by atoms with Crippen molar-refractivity contribution in [1.82, 2.24) is 0 Å². The molecule has 316 valence electrons. The average molecular weight is 882 g/mol. The molecule has 17 heteroatoms. The van der Waals surface area contributed by atoms with Gasteiger partial charge in [-0.25, -0.2) is 65.9 Å². The molecule has 0 fully saturated rings. The summed E-state index contributed by atoms with van der Waals surface area (Å²) in [6.45, 7) is 5.72. The minimum Gasteiger partial charge on any atom is -0.204 e. The number of hydrogen-bond acceptors (Lipinski definition) is 0. The first-order chi connectivity index (χ1) is 28.5. The number of rotatable bonds is 8. The average Bonchev–Trinajstić information content (AvgIpc) is 3.20. The molecule has 6 rings (SSSR count). The Balaban J connectivity index is 2.12. The second kappa shape index (κ2) is 16.8. The lowest BCUT2D eigenvalue weighted by Crippen LogP contribution is -2.52.